The zero-order chi connectivity index (χ0) is 25.9. The second-order valence-corrected chi connectivity index (χ2v) is 13.7. The summed E-state index contributed by atoms with van der Waals surface area (Å²) in [6, 6.07) is 14.2. The Bertz CT molecular complexity index is 1250. The maximum atomic E-state index is 13.0. The van der Waals surface area contributed by atoms with Gasteiger partial charge in [0.25, 0.3) is 0 Å². The van der Waals surface area contributed by atoms with E-state index in [0.29, 0.717) is 6.04 Å². The molecule has 0 spiro atoms. The largest absolute Gasteiger partial charge is 0.489 e. The third kappa shape index (κ3) is 6.40. The van der Waals surface area contributed by atoms with Crippen molar-refractivity contribution in [3.63, 3.8) is 0 Å². The first-order valence-corrected chi connectivity index (χ1v) is 16.0. The normalized spacial score (nSPS) is 22.1. The fourth-order valence-corrected chi connectivity index (χ4v) is 8.15. The van der Waals surface area contributed by atoms with E-state index >= 15 is 0 Å². The lowest BCUT2D eigenvalue weighted by atomic mass is 9.90. The third-order valence-electron chi connectivity index (χ3n) is 6.96. The molecule has 2 aliphatic rings. The second-order valence-electron chi connectivity index (χ2n) is 10.0. The molecule has 0 amide bonds. The van der Waals surface area contributed by atoms with E-state index in [4.69, 9.17) is 4.74 Å². The molecule has 10 heteroatoms. The minimum atomic E-state index is -3.93. The molecule has 4 rings (SSSR count). The van der Waals surface area contributed by atoms with Crippen LogP contribution in [0.4, 0.5) is 5.69 Å². The molecule has 2 fully saturated rings. The maximum Gasteiger partial charge on any atom is 0.242 e. The average Bonchev–Trinajstić information content (AvgIpc) is 2.84. The van der Waals surface area contributed by atoms with Gasteiger partial charge in [-0.05, 0) is 63.8 Å². The van der Waals surface area contributed by atoms with Gasteiger partial charge in [-0.2, -0.15) is 0 Å². The summed E-state index contributed by atoms with van der Waals surface area (Å²) in [5.41, 5.74) is 1.14. The lowest BCUT2D eigenvalue weighted by molar-refractivity contribution is 0.139. The second kappa shape index (κ2) is 11.1. The molecule has 0 unspecified atom stereocenters. The standard InChI is InChI=1S/C26H37N3O5S2/c1-20(2)34-24-9-5-4-8-23(24)29-18-16-28(17-19-29)22-14-12-21(13-15-22)27-36(32,33)26-11-7-6-10-25(26)35(3,30)31/h4-11,20-22,27H,12-19H2,1-3H3. The molecule has 1 aliphatic heterocycles. The van der Waals surface area contributed by atoms with E-state index in [1.54, 1.807) is 6.07 Å². The molecule has 0 radical (unpaired) electrons. The summed E-state index contributed by atoms with van der Waals surface area (Å²) in [6.07, 6.45) is 4.44. The quantitative estimate of drug-likeness (QED) is 0.554. The molecule has 36 heavy (non-hydrogen) atoms. The van der Waals surface area contributed by atoms with Crippen LogP contribution >= 0.6 is 0 Å². The molecule has 198 valence electrons. The van der Waals surface area contributed by atoms with Crippen LogP contribution in [0.1, 0.15) is 39.5 Å². The predicted molar refractivity (Wildman–Crippen MR) is 142 cm³/mol. The van der Waals surface area contributed by atoms with Crippen LogP contribution in [0.15, 0.2) is 58.3 Å². The van der Waals surface area contributed by atoms with Crippen molar-refractivity contribution in [1.29, 1.82) is 0 Å². The molecule has 2 aromatic rings. The van der Waals surface area contributed by atoms with Crippen molar-refractivity contribution in [2.75, 3.05) is 37.3 Å². The van der Waals surface area contributed by atoms with Gasteiger partial charge in [0.15, 0.2) is 9.84 Å². The number of piperazine rings is 1. The first-order chi connectivity index (χ1) is 17.0. The van der Waals surface area contributed by atoms with Gasteiger partial charge in [-0.1, -0.05) is 24.3 Å². The van der Waals surface area contributed by atoms with Gasteiger partial charge in [0.05, 0.1) is 16.7 Å². The van der Waals surface area contributed by atoms with Gasteiger partial charge in [0.1, 0.15) is 10.6 Å². The molecule has 1 heterocycles. The molecule has 1 saturated heterocycles. The van der Waals surface area contributed by atoms with E-state index in [0.717, 1.165) is 69.6 Å². The van der Waals surface area contributed by atoms with Crippen LogP contribution in [0, 0.1) is 0 Å². The van der Waals surface area contributed by atoms with Crippen molar-refractivity contribution in [3.8, 4) is 5.75 Å². The lowest BCUT2D eigenvalue weighted by Crippen LogP contribution is -2.52. The zero-order valence-electron chi connectivity index (χ0n) is 21.3. The highest BCUT2D eigenvalue weighted by atomic mass is 32.2. The summed E-state index contributed by atoms with van der Waals surface area (Å²) in [7, 11) is -7.58. The molecule has 2 aromatic carbocycles. The summed E-state index contributed by atoms with van der Waals surface area (Å²) in [4.78, 5) is 4.57. The average molecular weight is 536 g/mol. The fraction of sp³-hybridized carbons (Fsp3) is 0.538. The van der Waals surface area contributed by atoms with Crippen LogP contribution in [0.5, 0.6) is 5.75 Å². The van der Waals surface area contributed by atoms with Gasteiger partial charge in [0.2, 0.25) is 10.0 Å². The lowest BCUT2D eigenvalue weighted by Gasteiger charge is -2.43. The van der Waals surface area contributed by atoms with E-state index in [2.05, 4.69) is 20.6 Å². The first-order valence-electron chi connectivity index (χ1n) is 12.6. The number of hydrogen-bond acceptors (Lipinski definition) is 7. The van der Waals surface area contributed by atoms with E-state index in [9.17, 15) is 16.8 Å². The Balaban J connectivity index is 1.32. The molecular weight excluding hydrogens is 498 g/mol. The van der Waals surface area contributed by atoms with Gasteiger partial charge in [-0.15, -0.1) is 0 Å². The molecule has 1 saturated carbocycles. The van der Waals surface area contributed by atoms with Crippen LogP contribution in [-0.4, -0.2) is 72.4 Å². The maximum absolute atomic E-state index is 13.0. The van der Waals surface area contributed by atoms with Crippen molar-refractivity contribution in [1.82, 2.24) is 9.62 Å². The van der Waals surface area contributed by atoms with Crippen molar-refractivity contribution >= 4 is 25.5 Å². The summed E-state index contributed by atoms with van der Waals surface area (Å²) < 4.78 is 59.0. The van der Waals surface area contributed by atoms with Crippen LogP contribution < -0.4 is 14.4 Å². The first kappa shape index (κ1) is 26.9. The summed E-state index contributed by atoms with van der Waals surface area (Å²) in [5.74, 6) is 0.922. The number of sulfone groups is 1. The summed E-state index contributed by atoms with van der Waals surface area (Å²) >= 11 is 0. The van der Waals surface area contributed by atoms with E-state index in [1.165, 1.54) is 18.2 Å². The van der Waals surface area contributed by atoms with Crippen LogP contribution in [0.2, 0.25) is 0 Å². The number of rotatable bonds is 8. The van der Waals surface area contributed by atoms with E-state index in [-0.39, 0.29) is 21.9 Å². The summed E-state index contributed by atoms with van der Waals surface area (Å²) in [5, 5.41) is 0. The van der Waals surface area contributed by atoms with Crippen LogP contribution in [-0.2, 0) is 19.9 Å². The van der Waals surface area contributed by atoms with E-state index < -0.39 is 19.9 Å². The SMILES string of the molecule is CC(C)Oc1ccccc1N1CCN(C2CCC(NS(=O)(=O)c3ccccc3S(C)(=O)=O)CC2)CC1. The third-order valence-corrected chi connectivity index (χ3v) is 9.82. The highest BCUT2D eigenvalue weighted by Gasteiger charge is 2.32. The number of anilines is 1. The van der Waals surface area contributed by atoms with Crippen molar-refractivity contribution in [3.05, 3.63) is 48.5 Å². The Kier molecular flexibility index (Phi) is 8.28. The minimum Gasteiger partial charge on any atom is -0.489 e. The van der Waals surface area contributed by atoms with Gasteiger partial charge < -0.3 is 9.64 Å². The van der Waals surface area contributed by atoms with Gasteiger partial charge in [0, 0.05) is 44.5 Å². The van der Waals surface area contributed by atoms with Crippen LogP contribution in [0.25, 0.3) is 0 Å². The molecule has 1 aliphatic carbocycles. The molecule has 0 bridgehead atoms. The van der Waals surface area contributed by atoms with E-state index in [1.807, 2.05) is 32.0 Å². The van der Waals surface area contributed by atoms with Crippen molar-refractivity contribution < 1.29 is 21.6 Å². The number of para-hydroxylation sites is 2. The Hall–Kier alpha value is -2.14. The molecule has 0 atom stereocenters. The Morgan fingerprint density at radius 1 is 0.833 bits per heavy atom. The van der Waals surface area contributed by atoms with Gasteiger partial charge >= 0.3 is 0 Å². The molecular formula is C26H37N3O5S2. The highest BCUT2D eigenvalue weighted by Crippen LogP contribution is 2.31. The van der Waals surface area contributed by atoms with Gasteiger partial charge in [-0.3, -0.25) is 4.90 Å². The molecule has 8 nitrogen and oxygen atoms in total. The Labute approximate surface area is 215 Å². The monoisotopic (exact) mass is 535 g/mol. The topological polar surface area (TPSA) is 96.0 Å². The number of nitrogens with one attached hydrogen (secondary N) is 1. The van der Waals surface area contributed by atoms with Crippen LogP contribution in [0.3, 0.4) is 0 Å². The number of nitrogens with zero attached hydrogens (tertiary/aromatic N) is 2. The fourth-order valence-electron chi connectivity index (χ4n) is 5.22. The molecule has 1 N–H and O–H groups in total. The number of sulfonamides is 1. The highest BCUT2D eigenvalue weighted by molar-refractivity contribution is 7.93. The van der Waals surface area contributed by atoms with Gasteiger partial charge in [-0.25, -0.2) is 21.6 Å². The minimum absolute atomic E-state index is 0.125. The van der Waals surface area contributed by atoms with Crippen molar-refractivity contribution in [2.45, 2.75) is 67.5 Å². The molecule has 0 aromatic heterocycles. The predicted octanol–water partition coefficient (Wildman–Crippen LogP) is 3.29. The summed E-state index contributed by atoms with van der Waals surface area (Å²) in [6.45, 7) is 7.84. The number of benzene rings is 2. The van der Waals surface area contributed by atoms with Crippen molar-refractivity contribution in [2.24, 2.45) is 0 Å². The number of hydrogen-bond donors (Lipinski definition) is 1. The Morgan fingerprint density at radius 2 is 1.42 bits per heavy atom. The zero-order valence-corrected chi connectivity index (χ0v) is 22.9. The number of ether oxygens (including phenoxy) is 1. The Morgan fingerprint density at radius 3 is 2.03 bits per heavy atom. The smallest absolute Gasteiger partial charge is 0.242 e.